The Bertz CT molecular complexity index is 152. The van der Waals surface area contributed by atoms with Gasteiger partial charge in [0.1, 0.15) is 0 Å². The second-order valence-corrected chi connectivity index (χ2v) is 10.3. The summed E-state index contributed by atoms with van der Waals surface area (Å²) in [6, 6.07) is 0. The normalized spacial score (nSPS) is 15.9. The summed E-state index contributed by atoms with van der Waals surface area (Å²) in [4.78, 5) is 0. The van der Waals surface area contributed by atoms with E-state index in [0.717, 1.165) is 5.33 Å². The summed E-state index contributed by atoms with van der Waals surface area (Å²) < 4.78 is 6.07. The third kappa shape index (κ3) is 4.10. The van der Waals surface area contributed by atoms with Gasteiger partial charge in [-0.3, -0.25) is 0 Å². The van der Waals surface area contributed by atoms with Crippen LogP contribution < -0.4 is 5.73 Å². The first kappa shape index (κ1) is 13.6. The molecule has 4 heteroatoms. The van der Waals surface area contributed by atoms with Crippen LogP contribution in [0.2, 0.25) is 18.1 Å². The Morgan fingerprint density at radius 2 is 1.85 bits per heavy atom. The quantitative estimate of drug-likeness (QED) is 0.628. The van der Waals surface area contributed by atoms with E-state index in [1.807, 2.05) is 0 Å². The van der Waals surface area contributed by atoms with Crippen LogP contribution in [0, 0.1) is 0 Å². The van der Waals surface area contributed by atoms with Crippen molar-refractivity contribution in [2.45, 2.75) is 45.0 Å². The van der Waals surface area contributed by atoms with Crippen LogP contribution >= 0.6 is 15.9 Å². The molecule has 0 spiro atoms. The molecule has 13 heavy (non-hydrogen) atoms. The van der Waals surface area contributed by atoms with E-state index in [4.69, 9.17) is 10.2 Å². The predicted octanol–water partition coefficient (Wildman–Crippen LogP) is 2.73. The molecule has 2 N–H and O–H groups in total. The number of alkyl halides is 1. The maximum absolute atomic E-state index is 6.07. The van der Waals surface area contributed by atoms with Crippen molar-refractivity contribution in [2.24, 2.45) is 5.73 Å². The molecule has 0 aromatic rings. The zero-order chi connectivity index (χ0) is 10.7. The van der Waals surface area contributed by atoms with Gasteiger partial charge in [0, 0.05) is 11.9 Å². The lowest BCUT2D eigenvalue weighted by molar-refractivity contribution is 0.212. The van der Waals surface area contributed by atoms with Crippen molar-refractivity contribution in [2.75, 3.05) is 11.9 Å². The molecule has 2 nitrogen and oxygen atoms in total. The van der Waals surface area contributed by atoms with Crippen molar-refractivity contribution in [1.82, 2.24) is 0 Å². The molecule has 0 aromatic carbocycles. The van der Waals surface area contributed by atoms with Crippen LogP contribution in [0.25, 0.3) is 0 Å². The number of halogens is 1. The van der Waals surface area contributed by atoms with Gasteiger partial charge in [-0.1, -0.05) is 36.7 Å². The van der Waals surface area contributed by atoms with E-state index in [1.54, 1.807) is 0 Å². The molecule has 0 heterocycles. The average Bonchev–Trinajstić information content (AvgIpc) is 1.98. The minimum atomic E-state index is -1.62. The molecule has 0 radical (unpaired) electrons. The molecule has 0 bridgehead atoms. The van der Waals surface area contributed by atoms with Gasteiger partial charge in [0.05, 0.1) is 6.10 Å². The highest BCUT2D eigenvalue weighted by molar-refractivity contribution is 9.09. The zero-order valence-corrected chi connectivity index (χ0v) is 11.9. The Morgan fingerprint density at radius 1 is 1.38 bits per heavy atom. The van der Waals surface area contributed by atoms with Crippen LogP contribution in [0.1, 0.15) is 20.8 Å². The van der Waals surface area contributed by atoms with Crippen molar-refractivity contribution in [1.29, 1.82) is 0 Å². The SMILES string of the molecule is CC(C)(C)[Si](C)(C)O[C@H](CN)CBr. The third-order valence-electron chi connectivity index (χ3n) is 2.70. The van der Waals surface area contributed by atoms with Crippen LogP contribution in [0.4, 0.5) is 0 Å². The lowest BCUT2D eigenvalue weighted by atomic mass is 10.2. The molecule has 0 saturated carbocycles. The monoisotopic (exact) mass is 267 g/mol. The van der Waals surface area contributed by atoms with Crippen molar-refractivity contribution in [3.05, 3.63) is 0 Å². The summed E-state index contributed by atoms with van der Waals surface area (Å²) in [5, 5.41) is 1.10. The second-order valence-electron chi connectivity index (χ2n) is 4.89. The maximum Gasteiger partial charge on any atom is 0.192 e. The number of hydrogen-bond acceptors (Lipinski definition) is 2. The lowest BCUT2D eigenvalue weighted by Gasteiger charge is -2.38. The van der Waals surface area contributed by atoms with Gasteiger partial charge < -0.3 is 10.2 Å². The molecular formula is C9H22BrNOSi. The Kier molecular flexibility index (Phi) is 5.15. The Balaban J connectivity index is 4.31. The van der Waals surface area contributed by atoms with Gasteiger partial charge in [-0.15, -0.1) is 0 Å². The smallest absolute Gasteiger partial charge is 0.192 e. The van der Waals surface area contributed by atoms with Gasteiger partial charge in [0.2, 0.25) is 0 Å². The van der Waals surface area contributed by atoms with E-state index in [1.165, 1.54) is 0 Å². The first-order valence-electron chi connectivity index (χ1n) is 4.68. The largest absolute Gasteiger partial charge is 0.412 e. The fourth-order valence-electron chi connectivity index (χ4n) is 0.736. The Labute approximate surface area is 91.5 Å². The summed E-state index contributed by atoms with van der Waals surface area (Å²) in [5.41, 5.74) is 5.60. The van der Waals surface area contributed by atoms with Crippen LogP contribution in [0.3, 0.4) is 0 Å². The molecule has 0 saturated heterocycles. The van der Waals surface area contributed by atoms with E-state index in [0.29, 0.717) is 6.54 Å². The fourth-order valence-corrected chi connectivity index (χ4v) is 2.74. The molecule has 0 amide bonds. The zero-order valence-electron chi connectivity index (χ0n) is 9.36. The second kappa shape index (κ2) is 4.91. The van der Waals surface area contributed by atoms with Crippen LogP contribution in [-0.2, 0) is 4.43 Å². The molecule has 0 aliphatic carbocycles. The van der Waals surface area contributed by atoms with Gasteiger partial charge in [-0.2, -0.15) is 0 Å². The van der Waals surface area contributed by atoms with E-state index < -0.39 is 8.32 Å². The summed E-state index contributed by atoms with van der Waals surface area (Å²) in [5.74, 6) is 0. The summed E-state index contributed by atoms with van der Waals surface area (Å²) in [7, 11) is -1.62. The minimum Gasteiger partial charge on any atom is -0.412 e. The van der Waals surface area contributed by atoms with E-state index in [2.05, 4.69) is 49.8 Å². The molecule has 0 aromatic heterocycles. The Morgan fingerprint density at radius 3 is 2.08 bits per heavy atom. The van der Waals surface area contributed by atoms with Crippen molar-refractivity contribution < 1.29 is 4.43 Å². The fraction of sp³-hybridized carbons (Fsp3) is 1.00. The molecule has 0 fully saturated rings. The standard InChI is InChI=1S/C9H22BrNOSi/c1-9(2,3)13(4,5)12-8(6-10)7-11/h8H,6-7,11H2,1-5H3/t8-/m0/s1. The van der Waals surface area contributed by atoms with Gasteiger partial charge >= 0.3 is 0 Å². The molecule has 0 unspecified atom stereocenters. The molecule has 0 rings (SSSR count). The van der Waals surface area contributed by atoms with Gasteiger partial charge in [0.25, 0.3) is 0 Å². The molecule has 80 valence electrons. The van der Waals surface area contributed by atoms with E-state index >= 15 is 0 Å². The first-order chi connectivity index (χ1) is 5.74. The highest BCUT2D eigenvalue weighted by Gasteiger charge is 2.38. The highest BCUT2D eigenvalue weighted by atomic mass is 79.9. The molecule has 0 aliphatic heterocycles. The van der Waals surface area contributed by atoms with Crippen molar-refractivity contribution >= 4 is 24.2 Å². The van der Waals surface area contributed by atoms with Crippen LogP contribution in [0.5, 0.6) is 0 Å². The maximum atomic E-state index is 6.07. The van der Waals surface area contributed by atoms with Crippen molar-refractivity contribution in [3.8, 4) is 0 Å². The van der Waals surface area contributed by atoms with Crippen LogP contribution in [-0.4, -0.2) is 26.3 Å². The summed E-state index contributed by atoms with van der Waals surface area (Å²) in [6.45, 7) is 11.8. The summed E-state index contributed by atoms with van der Waals surface area (Å²) >= 11 is 3.41. The lowest BCUT2D eigenvalue weighted by Crippen LogP contribution is -2.46. The number of nitrogens with two attached hydrogens (primary N) is 1. The molecule has 0 aliphatic rings. The first-order valence-corrected chi connectivity index (χ1v) is 8.71. The van der Waals surface area contributed by atoms with Gasteiger partial charge in [-0.25, -0.2) is 0 Å². The topological polar surface area (TPSA) is 35.2 Å². The van der Waals surface area contributed by atoms with Gasteiger partial charge in [0.15, 0.2) is 8.32 Å². The van der Waals surface area contributed by atoms with E-state index in [9.17, 15) is 0 Å². The summed E-state index contributed by atoms with van der Waals surface area (Å²) in [6.07, 6.45) is 0.167. The molecular weight excluding hydrogens is 246 g/mol. The molecule has 1 atom stereocenters. The third-order valence-corrected chi connectivity index (χ3v) is 7.96. The predicted molar refractivity (Wildman–Crippen MR) is 64.9 cm³/mol. The Hall–Kier alpha value is 0.617. The van der Waals surface area contributed by atoms with E-state index in [-0.39, 0.29) is 11.1 Å². The van der Waals surface area contributed by atoms with Crippen LogP contribution in [0.15, 0.2) is 0 Å². The number of hydrogen-bond donors (Lipinski definition) is 1. The average molecular weight is 268 g/mol. The minimum absolute atomic E-state index is 0.167. The highest BCUT2D eigenvalue weighted by Crippen LogP contribution is 2.37. The number of rotatable bonds is 4. The van der Waals surface area contributed by atoms with Gasteiger partial charge in [-0.05, 0) is 18.1 Å². The van der Waals surface area contributed by atoms with Crippen molar-refractivity contribution in [3.63, 3.8) is 0 Å².